The molecule has 0 amide bonds. The summed E-state index contributed by atoms with van der Waals surface area (Å²) in [5, 5.41) is 9.57. The molecule has 0 bridgehead atoms. The molecule has 1 rings (SSSR count). The van der Waals surface area contributed by atoms with Crippen LogP contribution < -0.4 is 0 Å². The normalized spacial score (nSPS) is 12.9. The predicted octanol–water partition coefficient (Wildman–Crippen LogP) is 3.10. The molecule has 1 N–H and O–H groups in total. The van der Waals surface area contributed by atoms with Crippen LogP contribution in [0.3, 0.4) is 0 Å². The van der Waals surface area contributed by atoms with Crippen molar-refractivity contribution in [2.24, 2.45) is 5.92 Å². The zero-order valence-corrected chi connectivity index (χ0v) is 8.90. The predicted molar refractivity (Wildman–Crippen MR) is 60.1 cm³/mol. The fourth-order valence-corrected chi connectivity index (χ4v) is 1.51. The minimum Gasteiger partial charge on any atom is -0.384 e. The molecule has 0 aliphatic rings. The van der Waals surface area contributed by atoms with Gasteiger partial charge >= 0.3 is 0 Å². The first kappa shape index (κ1) is 11.0. The molecule has 1 aromatic rings. The first-order chi connectivity index (χ1) is 6.63. The SMILES string of the molecule is C=CC(O)c1cccc(CC(C)C)c1. The highest BCUT2D eigenvalue weighted by molar-refractivity contribution is 5.27. The summed E-state index contributed by atoms with van der Waals surface area (Å²) < 4.78 is 0. The molecule has 0 aromatic heterocycles. The summed E-state index contributed by atoms with van der Waals surface area (Å²) in [6.45, 7) is 7.96. The Hall–Kier alpha value is -1.08. The van der Waals surface area contributed by atoms with Gasteiger partial charge in [-0.15, -0.1) is 6.58 Å². The molecule has 1 heteroatoms. The molecule has 1 unspecified atom stereocenters. The maximum atomic E-state index is 9.57. The van der Waals surface area contributed by atoms with E-state index in [0.29, 0.717) is 5.92 Å². The molecule has 0 aliphatic heterocycles. The average molecular weight is 190 g/mol. The largest absolute Gasteiger partial charge is 0.384 e. The number of aliphatic hydroxyl groups is 1. The van der Waals surface area contributed by atoms with E-state index >= 15 is 0 Å². The monoisotopic (exact) mass is 190 g/mol. The highest BCUT2D eigenvalue weighted by atomic mass is 16.3. The maximum absolute atomic E-state index is 9.57. The summed E-state index contributed by atoms with van der Waals surface area (Å²) in [7, 11) is 0. The van der Waals surface area contributed by atoms with E-state index in [1.165, 1.54) is 5.56 Å². The molecule has 0 heterocycles. The topological polar surface area (TPSA) is 20.2 Å². The Labute approximate surface area is 86.1 Å². The van der Waals surface area contributed by atoms with Crippen molar-refractivity contribution >= 4 is 0 Å². The standard InChI is InChI=1S/C13H18O/c1-4-13(14)12-7-5-6-11(9-12)8-10(2)3/h4-7,9-10,13-14H,1,8H2,2-3H3. The van der Waals surface area contributed by atoms with Crippen molar-refractivity contribution in [2.75, 3.05) is 0 Å². The van der Waals surface area contributed by atoms with Gasteiger partial charge in [0.05, 0.1) is 6.10 Å². The quantitative estimate of drug-likeness (QED) is 0.723. The molecule has 76 valence electrons. The van der Waals surface area contributed by atoms with Crippen molar-refractivity contribution < 1.29 is 5.11 Å². The fraction of sp³-hybridized carbons (Fsp3) is 0.385. The van der Waals surface area contributed by atoms with Crippen LogP contribution in [0.15, 0.2) is 36.9 Å². The van der Waals surface area contributed by atoms with Gasteiger partial charge in [-0.25, -0.2) is 0 Å². The van der Waals surface area contributed by atoms with Crippen LogP contribution in [0.1, 0.15) is 31.1 Å². The van der Waals surface area contributed by atoms with E-state index in [1.54, 1.807) is 6.08 Å². The third-order valence-corrected chi connectivity index (χ3v) is 2.16. The Kier molecular flexibility index (Phi) is 3.90. The van der Waals surface area contributed by atoms with Gasteiger partial charge in [-0.2, -0.15) is 0 Å². The Bertz CT molecular complexity index is 302. The molecule has 0 fully saturated rings. The van der Waals surface area contributed by atoms with Crippen LogP contribution in [0.2, 0.25) is 0 Å². The van der Waals surface area contributed by atoms with Gasteiger partial charge in [-0.3, -0.25) is 0 Å². The molecule has 1 atom stereocenters. The Balaban J connectivity index is 2.83. The van der Waals surface area contributed by atoms with Crippen molar-refractivity contribution in [1.82, 2.24) is 0 Å². The smallest absolute Gasteiger partial charge is 0.0969 e. The second-order valence-electron chi connectivity index (χ2n) is 4.02. The third kappa shape index (κ3) is 3.00. The van der Waals surface area contributed by atoms with Gasteiger partial charge in [0.1, 0.15) is 0 Å². The molecule has 0 saturated heterocycles. The lowest BCUT2D eigenvalue weighted by atomic mass is 9.99. The maximum Gasteiger partial charge on any atom is 0.0969 e. The van der Waals surface area contributed by atoms with Gasteiger partial charge in [0.25, 0.3) is 0 Å². The van der Waals surface area contributed by atoms with Crippen molar-refractivity contribution in [1.29, 1.82) is 0 Å². The number of hydrogen-bond donors (Lipinski definition) is 1. The van der Waals surface area contributed by atoms with Crippen LogP contribution in [0.25, 0.3) is 0 Å². The van der Waals surface area contributed by atoms with Crippen molar-refractivity contribution in [2.45, 2.75) is 26.4 Å². The van der Waals surface area contributed by atoms with E-state index in [0.717, 1.165) is 12.0 Å². The molecular weight excluding hydrogens is 172 g/mol. The van der Waals surface area contributed by atoms with Crippen molar-refractivity contribution in [3.05, 3.63) is 48.0 Å². The summed E-state index contributed by atoms with van der Waals surface area (Å²) in [6, 6.07) is 8.06. The molecule has 0 aliphatic carbocycles. The minimum atomic E-state index is -0.540. The Morgan fingerprint density at radius 3 is 2.71 bits per heavy atom. The van der Waals surface area contributed by atoms with Gasteiger partial charge < -0.3 is 5.11 Å². The van der Waals surface area contributed by atoms with Gasteiger partial charge in [0.2, 0.25) is 0 Å². The van der Waals surface area contributed by atoms with E-state index in [2.05, 4.69) is 26.5 Å². The zero-order valence-electron chi connectivity index (χ0n) is 8.90. The summed E-state index contributed by atoms with van der Waals surface area (Å²) in [5.74, 6) is 0.645. The lowest BCUT2D eigenvalue weighted by Crippen LogP contribution is -1.97. The van der Waals surface area contributed by atoms with Crippen LogP contribution >= 0.6 is 0 Å². The van der Waals surface area contributed by atoms with Crippen LogP contribution in [0.4, 0.5) is 0 Å². The number of rotatable bonds is 4. The summed E-state index contributed by atoms with van der Waals surface area (Å²) in [5.41, 5.74) is 2.21. The zero-order chi connectivity index (χ0) is 10.6. The van der Waals surface area contributed by atoms with E-state index in [-0.39, 0.29) is 0 Å². The van der Waals surface area contributed by atoms with Gasteiger partial charge in [-0.1, -0.05) is 44.2 Å². The Morgan fingerprint density at radius 1 is 1.43 bits per heavy atom. The van der Waals surface area contributed by atoms with E-state index in [4.69, 9.17) is 0 Å². The minimum absolute atomic E-state index is 0.540. The number of hydrogen-bond acceptors (Lipinski definition) is 1. The van der Waals surface area contributed by atoms with Gasteiger partial charge in [-0.05, 0) is 23.5 Å². The van der Waals surface area contributed by atoms with Crippen molar-refractivity contribution in [3.63, 3.8) is 0 Å². The van der Waals surface area contributed by atoms with Crippen LogP contribution in [-0.4, -0.2) is 5.11 Å². The third-order valence-electron chi connectivity index (χ3n) is 2.16. The summed E-state index contributed by atoms with van der Waals surface area (Å²) in [4.78, 5) is 0. The molecule has 0 saturated carbocycles. The second-order valence-corrected chi connectivity index (χ2v) is 4.02. The first-order valence-corrected chi connectivity index (χ1v) is 5.03. The van der Waals surface area contributed by atoms with Gasteiger partial charge in [0.15, 0.2) is 0 Å². The highest BCUT2D eigenvalue weighted by Crippen LogP contribution is 2.17. The molecule has 0 radical (unpaired) electrons. The van der Waals surface area contributed by atoms with E-state index in [9.17, 15) is 5.11 Å². The fourth-order valence-electron chi connectivity index (χ4n) is 1.51. The summed E-state index contributed by atoms with van der Waals surface area (Å²) in [6.07, 6.45) is 2.06. The molecule has 1 aromatic carbocycles. The highest BCUT2D eigenvalue weighted by Gasteiger charge is 2.04. The average Bonchev–Trinajstić information content (AvgIpc) is 2.16. The van der Waals surface area contributed by atoms with Crippen LogP contribution in [-0.2, 0) is 6.42 Å². The van der Waals surface area contributed by atoms with Crippen molar-refractivity contribution in [3.8, 4) is 0 Å². The molecule has 0 spiro atoms. The first-order valence-electron chi connectivity index (χ1n) is 5.03. The summed E-state index contributed by atoms with van der Waals surface area (Å²) >= 11 is 0. The number of aliphatic hydroxyl groups excluding tert-OH is 1. The molecule has 1 nitrogen and oxygen atoms in total. The molecular formula is C13H18O. The van der Waals surface area contributed by atoms with E-state index in [1.807, 2.05) is 18.2 Å². The van der Waals surface area contributed by atoms with Gasteiger partial charge in [0, 0.05) is 0 Å². The Morgan fingerprint density at radius 2 is 2.14 bits per heavy atom. The van der Waals surface area contributed by atoms with Crippen LogP contribution in [0.5, 0.6) is 0 Å². The number of benzene rings is 1. The molecule has 14 heavy (non-hydrogen) atoms. The lowest BCUT2D eigenvalue weighted by Gasteiger charge is -2.09. The second kappa shape index (κ2) is 4.97. The van der Waals surface area contributed by atoms with E-state index < -0.39 is 6.10 Å². The lowest BCUT2D eigenvalue weighted by molar-refractivity contribution is 0.229. The van der Waals surface area contributed by atoms with Crippen LogP contribution in [0, 0.1) is 5.92 Å².